The molecule has 2 aromatic carbocycles. The van der Waals surface area contributed by atoms with Gasteiger partial charge in [0.2, 0.25) is 11.7 Å². The van der Waals surface area contributed by atoms with Crippen LogP contribution in [0.4, 0.5) is 5.69 Å². The number of nitrogens with one attached hydrogen (secondary N) is 1. The molecule has 0 saturated heterocycles. The zero-order valence-corrected chi connectivity index (χ0v) is 17.0. The maximum atomic E-state index is 12.6. The summed E-state index contributed by atoms with van der Waals surface area (Å²) in [6.45, 7) is 3.08. The SMILES string of the molecule is COc1cc(NC(C)=O)c(C(=O)OCc2nc(-c3ccc(C)cc3)no2)cc1OC. The molecule has 0 spiro atoms. The minimum absolute atomic E-state index is 0.0983. The van der Waals surface area contributed by atoms with Gasteiger partial charge in [0.1, 0.15) is 0 Å². The first-order valence-electron chi connectivity index (χ1n) is 9.01. The van der Waals surface area contributed by atoms with Crippen molar-refractivity contribution in [1.29, 1.82) is 0 Å². The number of anilines is 1. The van der Waals surface area contributed by atoms with E-state index in [-0.39, 0.29) is 29.7 Å². The van der Waals surface area contributed by atoms with Gasteiger partial charge in [0.25, 0.3) is 5.89 Å². The van der Waals surface area contributed by atoms with Crippen molar-refractivity contribution in [3.63, 3.8) is 0 Å². The summed E-state index contributed by atoms with van der Waals surface area (Å²) in [6.07, 6.45) is 0. The molecule has 3 aromatic rings. The van der Waals surface area contributed by atoms with Gasteiger partial charge >= 0.3 is 5.97 Å². The van der Waals surface area contributed by atoms with E-state index >= 15 is 0 Å². The van der Waals surface area contributed by atoms with Gasteiger partial charge in [0.15, 0.2) is 18.1 Å². The summed E-state index contributed by atoms with van der Waals surface area (Å²) in [6, 6.07) is 10.5. The Labute approximate surface area is 172 Å². The summed E-state index contributed by atoms with van der Waals surface area (Å²) in [7, 11) is 2.89. The Balaban J connectivity index is 1.77. The van der Waals surface area contributed by atoms with E-state index in [0.29, 0.717) is 17.3 Å². The highest BCUT2D eigenvalue weighted by molar-refractivity contribution is 6.01. The number of hydrogen-bond donors (Lipinski definition) is 1. The fraction of sp³-hybridized carbons (Fsp3) is 0.238. The first-order chi connectivity index (χ1) is 14.4. The summed E-state index contributed by atoms with van der Waals surface area (Å²) in [4.78, 5) is 28.4. The molecule has 0 saturated carbocycles. The molecular weight excluding hydrogens is 390 g/mol. The Morgan fingerprint density at radius 1 is 1.07 bits per heavy atom. The van der Waals surface area contributed by atoms with Gasteiger partial charge in [-0.25, -0.2) is 4.79 Å². The largest absolute Gasteiger partial charge is 0.493 e. The van der Waals surface area contributed by atoms with Gasteiger partial charge in [0.05, 0.1) is 25.5 Å². The van der Waals surface area contributed by atoms with Crippen molar-refractivity contribution in [2.45, 2.75) is 20.5 Å². The third-order valence-corrected chi connectivity index (χ3v) is 4.16. The normalized spacial score (nSPS) is 10.4. The van der Waals surface area contributed by atoms with Crippen LogP contribution in [0.1, 0.15) is 28.7 Å². The molecule has 0 bridgehead atoms. The van der Waals surface area contributed by atoms with Crippen LogP contribution in [-0.4, -0.2) is 36.2 Å². The third kappa shape index (κ3) is 4.75. The Morgan fingerprint density at radius 2 is 1.73 bits per heavy atom. The lowest BCUT2D eigenvalue weighted by Gasteiger charge is -2.14. The number of ether oxygens (including phenoxy) is 3. The Bertz CT molecular complexity index is 1060. The van der Waals surface area contributed by atoms with Crippen molar-refractivity contribution < 1.29 is 28.3 Å². The fourth-order valence-electron chi connectivity index (χ4n) is 2.68. The van der Waals surface area contributed by atoms with E-state index in [9.17, 15) is 9.59 Å². The molecule has 9 heteroatoms. The highest BCUT2D eigenvalue weighted by atomic mass is 16.6. The van der Waals surface area contributed by atoms with Crippen LogP contribution in [-0.2, 0) is 16.1 Å². The molecule has 0 atom stereocenters. The second kappa shape index (κ2) is 9.08. The first kappa shape index (κ1) is 20.8. The quantitative estimate of drug-likeness (QED) is 0.589. The lowest BCUT2D eigenvalue weighted by atomic mass is 10.1. The summed E-state index contributed by atoms with van der Waals surface area (Å²) < 4.78 is 20.9. The number of methoxy groups -OCH3 is 2. The highest BCUT2D eigenvalue weighted by Crippen LogP contribution is 2.34. The third-order valence-electron chi connectivity index (χ3n) is 4.16. The molecule has 0 aliphatic rings. The van der Waals surface area contributed by atoms with Crippen LogP contribution in [0.3, 0.4) is 0 Å². The predicted molar refractivity (Wildman–Crippen MR) is 107 cm³/mol. The van der Waals surface area contributed by atoms with Crippen LogP contribution >= 0.6 is 0 Å². The minimum atomic E-state index is -0.699. The number of carbonyl (C=O) groups is 2. The van der Waals surface area contributed by atoms with E-state index in [1.165, 1.54) is 33.3 Å². The number of carbonyl (C=O) groups excluding carboxylic acids is 2. The maximum Gasteiger partial charge on any atom is 0.340 e. The zero-order valence-electron chi connectivity index (χ0n) is 17.0. The van der Waals surface area contributed by atoms with Gasteiger partial charge in [-0.2, -0.15) is 4.98 Å². The molecule has 9 nitrogen and oxygen atoms in total. The van der Waals surface area contributed by atoms with Crippen molar-refractivity contribution in [2.75, 3.05) is 19.5 Å². The molecule has 30 heavy (non-hydrogen) atoms. The Kier molecular flexibility index (Phi) is 6.31. The van der Waals surface area contributed by atoms with Crippen molar-refractivity contribution >= 4 is 17.6 Å². The topological polar surface area (TPSA) is 113 Å². The van der Waals surface area contributed by atoms with Crippen LogP contribution in [0.25, 0.3) is 11.4 Å². The van der Waals surface area contributed by atoms with Gasteiger partial charge in [0, 0.05) is 24.6 Å². The molecular formula is C21H21N3O6. The summed E-state index contributed by atoms with van der Waals surface area (Å²) in [5.74, 6) is 0.160. The van der Waals surface area contributed by atoms with E-state index < -0.39 is 5.97 Å². The number of esters is 1. The molecule has 156 valence electrons. The molecule has 3 rings (SSSR count). The number of benzene rings is 2. The summed E-state index contributed by atoms with van der Waals surface area (Å²) >= 11 is 0. The molecule has 1 amide bonds. The molecule has 0 radical (unpaired) electrons. The monoisotopic (exact) mass is 411 g/mol. The van der Waals surface area contributed by atoms with Crippen LogP contribution < -0.4 is 14.8 Å². The van der Waals surface area contributed by atoms with Crippen LogP contribution in [0.5, 0.6) is 11.5 Å². The molecule has 1 heterocycles. The molecule has 0 aliphatic carbocycles. The van der Waals surface area contributed by atoms with Crippen LogP contribution in [0.2, 0.25) is 0 Å². The lowest BCUT2D eigenvalue weighted by Crippen LogP contribution is -2.13. The molecule has 1 aromatic heterocycles. The molecule has 0 fully saturated rings. The Morgan fingerprint density at radius 3 is 2.37 bits per heavy atom. The number of nitrogens with zero attached hydrogens (tertiary/aromatic N) is 2. The summed E-state index contributed by atoms with van der Waals surface area (Å²) in [5.41, 5.74) is 2.23. The second-order valence-electron chi connectivity index (χ2n) is 6.39. The molecule has 1 N–H and O–H groups in total. The van der Waals surface area contributed by atoms with Crippen molar-refractivity contribution in [2.24, 2.45) is 0 Å². The second-order valence-corrected chi connectivity index (χ2v) is 6.39. The van der Waals surface area contributed by atoms with Gasteiger partial charge in [-0.3, -0.25) is 4.79 Å². The van der Waals surface area contributed by atoms with Gasteiger partial charge in [-0.15, -0.1) is 0 Å². The number of rotatable bonds is 7. The van der Waals surface area contributed by atoms with Crippen molar-refractivity contribution in [1.82, 2.24) is 10.1 Å². The highest BCUT2D eigenvalue weighted by Gasteiger charge is 2.20. The molecule has 0 aliphatic heterocycles. The number of aromatic nitrogens is 2. The van der Waals surface area contributed by atoms with Crippen molar-refractivity contribution in [3.05, 3.63) is 53.4 Å². The van der Waals surface area contributed by atoms with Crippen molar-refractivity contribution in [3.8, 4) is 22.9 Å². The standard InChI is InChI=1S/C21H21N3O6/c1-12-5-7-14(8-6-12)20-23-19(30-24-20)11-29-21(26)15-9-17(27-3)18(28-4)10-16(15)22-13(2)25/h5-10H,11H2,1-4H3,(H,22,25). The van der Waals surface area contributed by atoms with E-state index in [0.717, 1.165) is 11.1 Å². The van der Waals surface area contributed by atoms with E-state index in [2.05, 4.69) is 15.5 Å². The average Bonchev–Trinajstić information content (AvgIpc) is 3.20. The Hall–Kier alpha value is -3.88. The minimum Gasteiger partial charge on any atom is -0.493 e. The fourth-order valence-corrected chi connectivity index (χ4v) is 2.68. The zero-order chi connectivity index (χ0) is 21.7. The van der Waals surface area contributed by atoms with Crippen LogP contribution in [0, 0.1) is 6.92 Å². The number of hydrogen-bond acceptors (Lipinski definition) is 8. The summed E-state index contributed by atoms with van der Waals surface area (Å²) in [5, 5.41) is 6.48. The van der Waals surface area contributed by atoms with Gasteiger partial charge in [-0.05, 0) is 6.92 Å². The first-order valence-corrected chi connectivity index (χ1v) is 9.01. The van der Waals surface area contributed by atoms with E-state index in [1.807, 2.05) is 31.2 Å². The maximum absolute atomic E-state index is 12.6. The smallest absolute Gasteiger partial charge is 0.340 e. The number of aryl methyl sites for hydroxylation is 1. The van der Waals surface area contributed by atoms with E-state index in [4.69, 9.17) is 18.7 Å². The van der Waals surface area contributed by atoms with Gasteiger partial charge < -0.3 is 24.1 Å². The average molecular weight is 411 g/mol. The van der Waals surface area contributed by atoms with E-state index in [1.54, 1.807) is 0 Å². The van der Waals surface area contributed by atoms with Crippen LogP contribution in [0.15, 0.2) is 40.9 Å². The van der Waals surface area contributed by atoms with Gasteiger partial charge in [-0.1, -0.05) is 35.0 Å². The molecule has 0 unspecified atom stereocenters. The lowest BCUT2D eigenvalue weighted by molar-refractivity contribution is -0.114. The number of amides is 1. The predicted octanol–water partition coefficient (Wildman–Crippen LogP) is 3.38.